The van der Waals surface area contributed by atoms with Crippen molar-refractivity contribution in [2.75, 3.05) is 5.32 Å². The third kappa shape index (κ3) is 0.862. The molecule has 1 aromatic heterocycles. The van der Waals surface area contributed by atoms with E-state index >= 15 is 0 Å². The van der Waals surface area contributed by atoms with Gasteiger partial charge >= 0.3 is 69.3 Å². The molecule has 2 rings (SSSR count). The molecule has 12 heavy (non-hydrogen) atoms. The SMILES string of the molecule is [B]=C1C(=O)Nc2ncc(C)nc21. The Morgan fingerprint density at radius 2 is 2.33 bits per heavy atom. The van der Waals surface area contributed by atoms with E-state index in [1.165, 1.54) is 0 Å². The molecule has 1 aliphatic rings. The van der Waals surface area contributed by atoms with E-state index in [2.05, 4.69) is 15.3 Å². The van der Waals surface area contributed by atoms with Crippen molar-refractivity contribution in [1.29, 1.82) is 0 Å². The number of carbonyl (C=O) groups is 1. The van der Waals surface area contributed by atoms with Crippen LogP contribution < -0.4 is 5.32 Å². The van der Waals surface area contributed by atoms with Crippen molar-refractivity contribution in [1.82, 2.24) is 9.97 Å². The molecular weight excluding hydrogens is 153 g/mol. The van der Waals surface area contributed by atoms with Gasteiger partial charge in [0.1, 0.15) is 0 Å². The van der Waals surface area contributed by atoms with Crippen molar-refractivity contribution in [2.45, 2.75) is 6.92 Å². The van der Waals surface area contributed by atoms with Gasteiger partial charge < -0.3 is 0 Å². The minimum absolute atomic E-state index is 0.140. The quantitative estimate of drug-likeness (QED) is 0.514. The molecule has 0 unspecified atom stereocenters. The first-order valence-corrected chi connectivity index (χ1v) is 3.46. The second-order valence-corrected chi connectivity index (χ2v) is 2.58. The Hall–Kier alpha value is -1.52. The van der Waals surface area contributed by atoms with Gasteiger partial charge in [0.2, 0.25) is 0 Å². The van der Waals surface area contributed by atoms with Gasteiger partial charge in [-0.2, -0.15) is 0 Å². The zero-order chi connectivity index (χ0) is 8.72. The second-order valence-electron chi connectivity index (χ2n) is 2.58. The summed E-state index contributed by atoms with van der Waals surface area (Å²) in [5.74, 6) is 0.124. The molecule has 1 amide bonds. The van der Waals surface area contributed by atoms with Gasteiger partial charge in [-0.1, -0.05) is 0 Å². The van der Waals surface area contributed by atoms with Gasteiger partial charge in [-0.25, -0.2) is 0 Å². The van der Waals surface area contributed by atoms with E-state index in [0.717, 1.165) is 5.69 Å². The van der Waals surface area contributed by atoms with E-state index in [9.17, 15) is 4.79 Å². The monoisotopic (exact) mass is 158 g/mol. The van der Waals surface area contributed by atoms with E-state index < -0.39 is 0 Å². The Labute approximate surface area is 70.1 Å². The van der Waals surface area contributed by atoms with Crippen molar-refractivity contribution in [3.8, 4) is 0 Å². The van der Waals surface area contributed by atoms with E-state index in [-0.39, 0.29) is 11.4 Å². The topological polar surface area (TPSA) is 54.9 Å². The average molecular weight is 158 g/mol. The normalized spacial score (nSPS) is 14.3. The van der Waals surface area contributed by atoms with Crippen LogP contribution in [0.3, 0.4) is 0 Å². The molecule has 1 aliphatic heterocycles. The first-order chi connectivity index (χ1) is 5.68. The van der Waals surface area contributed by atoms with Crippen LogP contribution in [-0.4, -0.2) is 28.8 Å². The number of fused-ring (bicyclic) bond motifs is 1. The first-order valence-electron chi connectivity index (χ1n) is 3.46. The van der Waals surface area contributed by atoms with E-state index in [4.69, 9.17) is 7.49 Å². The molecule has 0 aromatic carbocycles. The van der Waals surface area contributed by atoms with Crippen LogP contribution in [-0.2, 0) is 4.79 Å². The number of carbonyl (C=O) groups excluding carboxylic acids is 1. The summed E-state index contributed by atoms with van der Waals surface area (Å²) in [5, 5.41) is 2.50. The molecule has 4 nitrogen and oxygen atoms in total. The van der Waals surface area contributed by atoms with E-state index in [1.54, 1.807) is 13.1 Å². The van der Waals surface area contributed by atoms with E-state index in [0.29, 0.717) is 11.5 Å². The summed E-state index contributed by atoms with van der Waals surface area (Å²) in [6, 6.07) is 0. The van der Waals surface area contributed by atoms with Gasteiger partial charge in [-0.15, -0.1) is 0 Å². The third-order valence-corrected chi connectivity index (χ3v) is 1.62. The number of hydrogen-bond acceptors (Lipinski definition) is 3. The number of nitrogens with zero attached hydrogens (tertiary/aromatic N) is 2. The zero-order valence-corrected chi connectivity index (χ0v) is 6.46. The fourth-order valence-electron chi connectivity index (χ4n) is 1.04. The predicted octanol–water partition coefficient (Wildman–Crippen LogP) is -0.574. The number of rotatable bonds is 0. The predicted molar refractivity (Wildman–Crippen MR) is 45.3 cm³/mol. The standard InChI is InChI=1S/C7H5BN3O/c1-3-2-9-6-5(10-3)4(8)7(12)11-6/h2H,1H3,(H,9,11,12). The fourth-order valence-corrected chi connectivity index (χ4v) is 1.04. The Bertz CT molecular complexity index is 388. The maximum absolute atomic E-state index is 11.0. The number of hydrogen-bond donors (Lipinski definition) is 1. The van der Waals surface area contributed by atoms with Gasteiger partial charge in [-0.05, 0) is 0 Å². The second kappa shape index (κ2) is 2.23. The summed E-state index contributed by atoms with van der Waals surface area (Å²) in [4.78, 5) is 19.0. The number of aryl methyl sites for hydroxylation is 1. The summed E-state index contributed by atoms with van der Waals surface area (Å²) in [7, 11) is 5.46. The van der Waals surface area contributed by atoms with Gasteiger partial charge in [0.15, 0.2) is 0 Å². The molecule has 2 heterocycles. The maximum atomic E-state index is 11.0. The Morgan fingerprint density at radius 1 is 1.58 bits per heavy atom. The third-order valence-electron chi connectivity index (χ3n) is 1.62. The Balaban J connectivity index is 2.63. The summed E-state index contributed by atoms with van der Waals surface area (Å²) in [5.41, 5.74) is 1.34. The summed E-state index contributed by atoms with van der Waals surface area (Å²) < 4.78 is 0. The first kappa shape index (κ1) is 7.15. The molecule has 0 aliphatic carbocycles. The van der Waals surface area contributed by atoms with Gasteiger partial charge in [0, 0.05) is 0 Å². The van der Waals surface area contributed by atoms with Crippen molar-refractivity contribution in [2.24, 2.45) is 0 Å². The van der Waals surface area contributed by atoms with Crippen LogP contribution in [0.25, 0.3) is 0 Å². The summed E-state index contributed by atoms with van der Waals surface area (Å²) >= 11 is 0. The molecule has 0 saturated carbocycles. The molecule has 1 N–H and O–H groups in total. The molecule has 5 heteroatoms. The van der Waals surface area contributed by atoms with Crippen LogP contribution in [0.15, 0.2) is 6.20 Å². The fraction of sp³-hybridized carbons (Fsp3) is 0.143. The van der Waals surface area contributed by atoms with Crippen molar-refractivity contribution in [3.63, 3.8) is 0 Å². The number of amides is 1. The van der Waals surface area contributed by atoms with E-state index in [1.807, 2.05) is 0 Å². The molecule has 0 saturated heterocycles. The zero-order valence-electron chi connectivity index (χ0n) is 6.46. The van der Waals surface area contributed by atoms with Crippen molar-refractivity contribution in [3.05, 3.63) is 17.6 Å². The molecule has 0 bridgehead atoms. The van der Waals surface area contributed by atoms with Gasteiger partial charge in [0.05, 0.1) is 0 Å². The molecule has 0 spiro atoms. The van der Waals surface area contributed by atoms with Gasteiger partial charge in [-0.3, -0.25) is 0 Å². The number of anilines is 1. The Kier molecular flexibility index (Phi) is 1.33. The number of aromatic nitrogens is 2. The minimum atomic E-state index is -0.324. The van der Waals surface area contributed by atoms with Crippen LogP contribution in [0, 0.1) is 6.92 Å². The van der Waals surface area contributed by atoms with Crippen molar-refractivity contribution < 1.29 is 4.79 Å². The Morgan fingerprint density at radius 3 is 3.08 bits per heavy atom. The van der Waals surface area contributed by atoms with Crippen molar-refractivity contribution >= 4 is 24.7 Å². The molecule has 1 aromatic rings. The molecule has 57 valence electrons. The molecular formula is C7H5BN3O. The summed E-state index contributed by atoms with van der Waals surface area (Å²) in [6.07, 6.45) is 1.58. The van der Waals surface area contributed by atoms with Crippen LogP contribution in [0.4, 0.5) is 5.82 Å². The average Bonchev–Trinajstić information content (AvgIpc) is 2.31. The number of nitrogens with one attached hydrogen (secondary N) is 1. The molecule has 0 atom stereocenters. The van der Waals surface area contributed by atoms with Crippen LogP contribution in [0.5, 0.6) is 0 Å². The van der Waals surface area contributed by atoms with Gasteiger partial charge in [0.25, 0.3) is 0 Å². The summed E-state index contributed by atoms with van der Waals surface area (Å²) in [6.45, 7) is 1.79. The van der Waals surface area contributed by atoms with Crippen LogP contribution in [0.1, 0.15) is 11.4 Å². The van der Waals surface area contributed by atoms with Crippen LogP contribution >= 0.6 is 0 Å². The molecule has 0 fully saturated rings. The van der Waals surface area contributed by atoms with Crippen LogP contribution in [0.2, 0.25) is 0 Å². The molecule has 1 radical (unpaired) electrons.